The number of benzene rings is 7. The first-order valence-electron chi connectivity index (χ1n) is 16.9. The number of nitrogens with zero attached hydrogens (tertiary/aromatic N) is 1. The lowest BCUT2D eigenvalue weighted by molar-refractivity contribution is 0.660. The summed E-state index contributed by atoms with van der Waals surface area (Å²) < 4.78 is 6.66. The van der Waals surface area contributed by atoms with Crippen LogP contribution in [0.3, 0.4) is 0 Å². The highest BCUT2D eigenvalue weighted by Crippen LogP contribution is 2.58. The number of fused-ring (bicyclic) bond motifs is 10. The van der Waals surface area contributed by atoms with E-state index in [2.05, 4.69) is 172 Å². The highest BCUT2D eigenvalue weighted by Gasteiger charge is 2.41. The molecule has 0 N–H and O–H groups in total. The van der Waals surface area contributed by atoms with Gasteiger partial charge in [-0.2, -0.15) is 0 Å². The Hall–Kier alpha value is -5.60. The van der Waals surface area contributed by atoms with Crippen molar-refractivity contribution in [3.63, 3.8) is 0 Å². The van der Waals surface area contributed by atoms with Crippen LogP contribution in [0.4, 0.5) is 17.1 Å². The maximum atomic E-state index is 6.66. The molecule has 2 aliphatic rings. The average Bonchev–Trinajstić information content (AvgIpc) is 3.68. The van der Waals surface area contributed by atoms with Gasteiger partial charge in [-0.1, -0.05) is 131 Å². The Bertz CT molecular complexity index is 2530. The zero-order chi connectivity index (χ0) is 32.4. The van der Waals surface area contributed by atoms with E-state index in [-0.39, 0.29) is 10.8 Å². The zero-order valence-corrected chi connectivity index (χ0v) is 27.6. The molecule has 7 aromatic carbocycles. The van der Waals surface area contributed by atoms with E-state index >= 15 is 0 Å². The molecule has 2 aliphatic carbocycles. The predicted molar refractivity (Wildman–Crippen MR) is 201 cm³/mol. The minimum atomic E-state index is -0.117. The SMILES string of the molecule is CC1(C)c2ccccc2-c2c(N(c3cccc4c3-c3ccccc3C4(C)C)c3cccc4oc5cc6ccccc6cc5c34)cccc21. The summed E-state index contributed by atoms with van der Waals surface area (Å²) in [6.45, 7) is 9.45. The Morgan fingerprint density at radius 3 is 1.52 bits per heavy atom. The average molecular weight is 618 g/mol. The molecular weight excluding hydrogens is 583 g/mol. The van der Waals surface area contributed by atoms with Crippen molar-refractivity contribution in [1.29, 1.82) is 0 Å². The van der Waals surface area contributed by atoms with Gasteiger partial charge in [-0.15, -0.1) is 0 Å². The van der Waals surface area contributed by atoms with E-state index in [1.54, 1.807) is 0 Å². The van der Waals surface area contributed by atoms with Crippen molar-refractivity contribution in [2.24, 2.45) is 0 Å². The molecule has 0 atom stereocenters. The summed E-state index contributed by atoms with van der Waals surface area (Å²) in [5.74, 6) is 0. The van der Waals surface area contributed by atoms with Gasteiger partial charge in [0.25, 0.3) is 0 Å². The van der Waals surface area contributed by atoms with Gasteiger partial charge >= 0.3 is 0 Å². The second-order valence-electron chi connectivity index (χ2n) is 14.5. The van der Waals surface area contributed by atoms with Crippen molar-refractivity contribution in [3.8, 4) is 22.3 Å². The van der Waals surface area contributed by atoms with Gasteiger partial charge in [0.05, 0.1) is 22.4 Å². The predicted octanol–water partition coefficient (Wildman–Crippen LogP) is 12.8. The van der Waals surface area contributed by atoms with Crippen LogP contribution in [-0.4, -0.2) is 0 Å². The van der Waals surface area contributed by atoms with Gasteiger partial charge in [0.1, 0.15) is 11.2 Å². The quantitative estimate of drug-likeness (QED) is 0.196. The van der Waals surface area contributed by atoms with E-state index in [4.69, 9.17) is 4.42 Å². The fourth-order valence-corrected chi connectivity index (χ4v) is 8.91. The topological polar surface area (TPSA) is 16.4 Å². The van der Waals surface area contributed by atoms with Crippen LogP contribution >= 0.6 is 0 Å². The Kier molecular flexibility index (Phi) is 5.44. The maximum Gasteiger partial charge on any atom is 0.137 e. The summed E-state index contributed by atoms with van der Waals surface area (Å²) in [7, 11) is 0. The minimum absolute atomic E-state index is 0.117. The molecule has 0 spiro atoms. The van der Waals surface area contributed by atoms with Crippen LogP contribution in [0.5, 0.6) is 0 Å². The Balaban J connectivity index is 1.36. The molecule has 0 saturated heterocycles. The number of hydrogen-bond acceptors (Lipinski definition) is 2. The number of furan rings is 1. The fourth-order valence-electron chi connectivity index (χ4n) is 8.91. The fraction of sp³-hybridized carbons (Fsp3) is 0.130. The van der Waals surface area contributed by atoms with E-state index in [1.165, 1.54) is 66.7 Å². The van der Waals surface area contributed by atoms with Gasteiger partial charge in [-0.3, -0.25) is 0 Å². The van der Waals surface area contributed by atoms with Crippen molar-refractivity contribution >= 4 is 49.8 Å². The molecule has 1 aromatic heterocycles. The molecule has 48 heavy (non-hydrogen) atoms. The summed E-state index contributed by atoms with van der Waals surface area (Å²) in [4.78, 5) is 2.54. The highest BCUT2D eigenvalue weighted by molar-refractivity contribution is 6.17. The second-order valence-corrected chi connectivity index (χ2v) is 14.5. The molecule has 10 rings (SSSR count). The van der Waals surface area contributed by atoms with E-state index in [0.29, 0.717) is 0 Å². The lowest BCUT2D eigenvalue weighted by atomic mass is 9.82. The summed E-state index contributed by atoms with van der Waals surface area (Å²) >= 11 is 0. The van der Waals surface area contributed by atoms with Gasteiger partial charge in [-0.05, 0) is 80.6 Å². The van der Waals surface area contributed by atoms with Crippen molar-refractivity contribution in [2.45, 2.75) is 38.5 Å². The molecule has 0 saturated carbocycles. The number of rotatable bonds is 3. The molecule has 2 heteroatoms. The van der Waals surface area contributed by atoms with Gasteiger partial charge in [-0.25, -0.2) is 0 Å². The first kappa shape index (κ1) is 27.5. The molecule has 1 heterocycles. The van der Waals surface area contributed by atoms with E-state index in [0.717, 1.165) is 27.6 Å². The molecular formula is C46H35NO. The summed E-state index contributed by atoms with van der Waals surface area (Å²) in [6, 6.07) is 51.3. The van der Waals surface area contributed by atoms with Crippen LogP contribution in [0.2, 0.25) is 0 Å². The van der Waals surface area contributed by atoms with Crippen LogP contribution < -0.4 is 4.90 Å². The number of hydrogen-bond donors (Lipinski definition) is 0. The Morgan fingerprint density at radius 1 is 0.438 bits per heavy atom. The smallest absolute Gasteiger partial charge is 0.137 e. The maximum absolute atomic E-state index is 6.66. The number of anilines is 3. The molecule has 8 aromatic rings. The second kappa shape index (κ2) is 9.49. The molecule has 2 nitrogen and oxygen atoms in total. The minimum Gasteiger partial charge on any atom is -0.456 e. The monoisotopic (exact) mass is 617 g/mol. The Morgan fingerprint density at radius 2 is 0.917 bits per heavy atom. The normalized spacial score (nSPS) is 15.0. The van der Waals surface area contributed by atoms with Crippen molar-refractivity contribution < 1.29 is 4.42 Å². The lowest BCUT2D eigenvalue weighted by Gasteiger charge is -2.31. The summed E-state index contributed by atoms with van der Waals surface area (Å²) in [5.41, 5.74) is 15.7. The first-order chi connectivity index (χ1) is 23.3. The third kappa shape index (κ3) is 3.52. The highest BCUT2D eigenvalue weighted by atomic mass is 16.3. The zero-order valence-electron chi connectivity index (χ0n) is 27.6. The Labute approximate surface area is 280 Å². The lowest BCUT2D eigenvalue weighted by Crippen LogP contribution is -2.17. The largest absolute Gasteiger partial charge is 0.456 e. The molecule has 0 aliphatic heterocycles. The van der Waals surface area contributed by atoms with Crippen molar-refractivity contribution in [2.75, 3.05) is 4.90 Å². The molecule has 230 valence electrons. The van der Waals surface area contributed by atoms with Crippen LogP contribution in [0, 0.1) is 0 Å². The van der Waals surface area contributed by atoms with Crippen molar-refractivity contribution in [3.05, 3.63) is 162 Å². The molecule has 0 bridgehead atoms. The van der Waals surface area contributed by atoms with Crippen molar-refractivity contribution in [1.82, 2.24) is 0 Å². The van der Waals surface area contributed by atoms with Crippen LogP contribution in [-0.2, 0) is 10.8 Å². The molecule has 0 amide bonds. The molecule has 0 unspecified atom stereocenters. The van der Waals surface area contributed by atoms with E-state index < -0.39 is 0 Å². The van der Waals surface area contributed by atoms with Gasteiger partial charge in [0.2, 0.25) is 0 Å². The van der Waals surface area contributed by atoms with E-state index in [9.17, 15) is 0 Å². The van der Waals surface area contributed by atoms with Gasteiger partial charge < -0.3 is 9.32 Å². The summed E-state index contributed by atoms with van der Waals surface area (Å²) in [5, 5.41) is 4.65. The van der Waals surface area contributed by atoms with Crippen LogP contribution in [0.1, 0.15) is 49.9 Å². The molecule has 0 radical (unpaired) electrons. The van der Waals surface area contributed by atoms with E-state index in [1.807, 2.05) is 0 Å². The van der Waals surface area contributed by atoms with Crippen LogP contribution in [0.15, 0.2) is 144 Å². The third-order valence-electron chi connectivity index (χ3n) is 11.2. The van der Waals surface area contributed by atoms with Gasteiger partial charge in [0, 0.05) is 27.3 Å². The standard InChI is InChI=1S/C46H35NO/c1-45(2)33-18-9-7-16-30(33)42-35(45)20-11-22-37(42)47(38-23-12-21-36-43(38)31-17-8-10-19-34(31)46(36,3)4)39-24-13-25-40-44(39)32-26-28-14-5-6-15-29(28)27-41(32)48-40/h5-27H,1-4H3. The third-order valence-corrected chi connectivity index (χ3v) is 11.2. The van der Waals surface area contributed by atoms with Gasteiger partial charge in [0.15, 0.2) is 0 Å². The first-order valence-corrected chi connectivity index (χ1v) is 16.9. The van der Waals surface area contributed by atoms with Crippen LogP contribution in [0.25, 0.3) is 55.0 Å². The summed E-state index contributed by atoms with van der Waals surface area (Å²) in [6.07, 6.45) is 0. The molecule has 0 fully saturated rings.